The van der Waals surface area contributed by atoms with Crippen molar-refractivity contribution in [3.63, 3.8) is 0 Å². The molecule has 1 aliphatic rings. The molecule has 0 unspecified atom stereocenters. The van der Waals surface area contributed by atoms with Crippen LogP contribution in [-0.2, 0) is 0 Å². The highest BCUT2D eigenvalue weighted by atomic mass is 35.5. The first-order valence-electron chi connectivity index (χ1n) is 6.21. The van der Waals surface area contributed by atoms with Crippen LogP contribution in [0.4, 0.5) is 5.82 Å². The molecule has 1 aromatic carbocycles. The lowest BCUT2D eigenvalue weighted by Crippen LogP contribution is -2.28. The van der Waals surface area contributed by atoms with E-state index in [2.05, 4.69) is 20.2 Å². The van der Waals surface area contributed by atoms with Crippen LogP contribution in [0.5, 0.6) is 0 Å². The van der Waals surface area contributed by atoms with Gasteiger partial charge in [-0.15, -0.1) is 0 Å². The summed E-state index contributed by atoms with van der Waals surface area (Å²) < 4.78 is 0. The van der Waals surface area contributed by atoms with Gasteiger partial charge in [-0.3, -0.25) is 4.98 Å². The number of hydrogen-bond donors (Lipinski definition) is 1. The Morgan fingerprint density at radius 3 is 3.06 bits per heavy atom. The minimum absolute atomic E-state index is 0.698. The fourth-order valence-electron chi connectivity index (χ4n) is 2.20. The van der Waals surface area contributed by atoms with E-state index in [1.807, 2.05) is 24.4 Å². The molecule has 18 heavy (non-hydrogen) atoms. The van der Waals surface area contributed by atoms with Gasteiger partial charge in [0.05, 0.1) is 17.2 Å². The van der Waals surface area contributed by atoms with E-state index >= 15 is 0 Å². The Morgan fingerprint density at radius 2 is 2.11 bits per heavy atom. The second-order valence-corrected chi connectivity index (χ2v) is 4.89. The summed E-state index contributed by atoms with van der Waals surface area (Å²) in [6.45, 7) is 4.09. The van der Waals surface area contributed by atoms with Crippen LogP contribution < -0.4 is 10.2 Å². The normalized spacial score (nSPS) is 16.8. The zero-order chi connectivity index (χ0) is 12.4. The third-order valence-corrected chi connectivity index (χ3v) is 3.39. The highest BCUT2D eigenvalue weighted by Gasteiger charge is 2.11. The minimum atomic E-state index is 0.698. The molecule has 94 valence electrons. The number of nitrogens with zero attached hydrogens (tertiary/aromatic N) is 3. The summed E-state index contributed by atoms with van der Waals surface area (Å²) in [6.07, 6.45) is 2.98. The molecule has 0 spiro atoms. The lowest BCUT2D eigenvalue weighted by Gasteiger charge is -2.20. The van der Waals surface area contributed by atoms with Gasteiger partial charge in [-0.05, 0) is 31.2 Å². The van der Waals surface area contributed by atoms with E-state index in [0.717, 1.165) is 49.5 Å². The van der Waals surface area contributed by atoms with Crippen LogP contribution >= 0.6 is 11.6 Å². The second-order valence-electron chi connectivity index (χ2n) is 4.45. The van der Waals surface area contributed by atoms with E-state index in [1.54, 1.807) is 0 Å². The number of fused-ring (bicyclic) bond motifs is 1. The predicted molar refractivity (Wildman–Crippen MR) is 74.2 cm³/mol. The first-order chi connectivity index (χ1) is 8.83. The Balaban J connectivity index is 1.94. The van der Waals surface area contributed by atoms with Crippen molar-refractivity contribution >= 4 is 28.5 Å². The average molecular weight is 263 g/mol. The number of anilines is 1. The maximum Gasteiger partial charge on any atom is 0.147 e. The van der Waals surface area contributed by atoms with E-state index in [0.29, 0.717) is 5.02 Å². The summed E-state index contributed by atoms with van der Waals surface area (Å²) >= 11 is 5.94. The third kappa shape index (κ3) is 2.40. The Hall–Kier alpha value is -1.39. The van der Waals surface area contributed by atoms with Gasteiger partial charge in [0.1, 0.15) is 5.82 Å². The highest BCUT2D eigenvalue weighted by Crippen LogP contribution is 2.19. The quantitative estimate of drug-likeness (QED) is 0.854. The third-order valence-electron chi connectivity index (χ3n) is 3.16. The van der Waals surface area contributed by atoms with E-state index in [-0.39, 0.29) is 0 Å². The van der Waals surface area contributed by atoms with Gasteiger partial charge < -0.3 is 10.2 Å². The second kappa shape index (κ2) is 5.08. The van der Waals surface area contributed by atoms with Gasteiger partial charge in [0, 0.05) is 24.7 Å². The smallest absolute Gasteiger partial charge is 0.147 e. The maximum absolute atomic E-state index is 5.94. The summed E-state index contributed by atoms with van der Waals surface area (Å²) in [6, 6.07) is 5.62. The number of hydrogen-bond acceptors (Lipinski definition) is 4. The highest BCUT2D eigenvalue weighted by molar-refractivity contribution is 6.31. The molecular formula is C13H15ClN4. The number of benzene rings is 1. The summed E-state index contributed by atoms with van der Waals surface area (Å²) in [7, 11) is 0. The molecule has 0 radical (unpaired) electrons. The molecule has 0 saturated carbocycles. The summed E-state index contributed by atoms with van der Waals surface area (Å²) in [4.78, 5) is 11.4. The summed E-state index contributed by atoms with van der Waals surface area (Å²) in [5.41, 5.74) is 1.74. The van der Waals surface area contributed by atoms with Crippen LogP contribution in [0.3, 0.4) is 0 Å². The van der Waals surface area contributed by atoms with Crippen LogP contribution in [-0.4, -0.2) is 36.1 Å². The van der Waals surface area contributed by atoms with Crippen LogP contribution in [0.2, 0.25) is 5.02 Å². The largest absolute Gasteiger partial charge is 0.354 e. The van der Waals surface area contributed by atoms with Crippen molar-refractivity contribution in [3.8, 4) is 0 Å². The lowest BCUT2D eigenvalue weighted by molar-refractivity contribution is 0.724. The van der Waals surface area contributed by atoms with Crippen molar-refractivity contribution in [2.75, 3.05) is 31.1 Å². The molecule has 0 aliphatic carbocycles. The Bertz CT molecular complexity index is 550. The van der Waals surface area contributed by atoms with Crippen molar-refractivity contribution in [3.05, 3.63) is 29.4 Å². The van der Waals surface area contributed by atoms with E-state index in [1.165, 1.54) is 0 Å². The summed E-state index contributed by atoms with van der Waals surface area (Å²) in [5.74, 6) is 0.952. The molecule has 1 fully saturated rings. The standard InChI is InChI=1S/C13H15ClN4/c14-10-2-3-11-12(8-10)16-9-13(17-11)18-6-1-4-15-5-7-18/h2-3,8-9,15H,1,4-7H2. The van der Waals surface area contributed by atoms with Gasteiger partial charge in [-0.25, -0.2) is 4.98 Å². The molecular weight excluding hydrogens is 248 g/mol. The van der Waals surface area contributed by atoms with Gasteiger partial charge in [0.25, 0.3) is 0 Å². The fourth-order valence-corrected chi connectivity index (χ4v) is 2.37. The number of aromatic nitrogens is 2. The zero-order valence-corrected chi connectivity index (χ0v) is 10.8. The Kier molecular flexibility index (Phi) is 3.30. The van der Waals surface area contributed by atoms with Crippen molar-refractivity contribution in [1.82, 2.24) is 15.3 Å². The molecule has 0 bridgehead atoms. The molecule has 1 N–H and O–H groups in total. The van der Waals surface area contributed by atoms with Gasteiger partial charge in [-0.1, -0.05) is 11.6 Å². The van der Waals surface area contributed by atoms with Crippen molar-refractivity contribution in [2.45, 2.75) is 6.42 Å². The van der Waals surface area contributed by atoms with Gasteiger partial charge in [-0.2, -0.15) is 0 Å². The topological polar surface area (TPSA) is 41.1 Å². The molecule has 2 heterocycles. The molecule has 0 atom stereocenters. The fraction of sp³-hybridized carbons (Fsp3) is 0.385. The van der Waals surface area contributed by atoms with Gasteiger partial charge >= 0.3 is 0 Å². The number of rotatable bonds is 1. The Morgan fingerprint density at radius 1 is 1.17 bits per heavy atom. The molecule has 1 aliphatic heterocycles. The first kappa shape index (κ1) is 11.7. The van der Waals surface area contributed by atoms with Crippen LogP contribution in [0.25, 0.3) is 11.0 Å². The molecule has 0 amide bonds. The maximum atomic E-state index is 5.94. The van der Waals surface area contributed by atoms with E-state index < -0.39 is 0 Å². The molecule has 1 saturated heterocycles. The first-order valence-corrected chi connectivity index (χ1v) is 6.59. The number of nitrogens with one attached hydrogen (secondary N) is 1. The monoisotopic (exact) mass is 262 g/mol. The molecule has 3 rings (SSSR count). The molecule has 1 aromatic heterocycles. The van der Waals surface area contributed by atoms with Crippen LogP contribution in [0.15, 0.2) is 24.4 Å². The van der Waals surface area contributed by atoms with Gasteiger partial charge in [0.15, 0.2) is 0 Å². The minimum Gasteiger partial charge on any atom is -0.354 e. The van der Waals surface area contributed by atoms with Crippen molar-refractivity contribution in [1.29, 1.82) is 0 Å². The summed E-state index contributed by atoms with van der Waals surface area (Å²) in [5, 5.41) is 4.08. The zero-order valence-electron chi connectivity index (χ0n) is 10.1. The van der Waals surface area contributed by atoms with Crippen molar-refractivity contribution in [2.24, 2.45) is 0 Å². The molecule has 2 aromatic rings. The van der Waals surface area contributed by atoms with Crippen LogP contribution in [0.1, 0.15) is 6.42 Å². The SMILES string of the molecule is Clc1ccc2nc(N3CCCNCC3)cnc2c1. The van der Waals surface area contributed by atoms with Crippen molar-refractivity contribution < 1.29 is 0 Å². The van der Waals surface area contributed by atoms with E-state index in [4.69, 9.17) is 11.6 Å². The molecule has 4 nitrogen and oxygen atoms in total. The lowest BCUT2D eigenvalue weighted by atomic mass is 10.3. The predicted octanol–water partition coefficient (Wildman–Crippen LogP) is 2.08. The van der Waals surface area contributed by atoms with E-state index in [9.17, 15) is 0 Å². The molecule has 5 heteroatoms. The van der Waals surface area contributed by atoms with Gasteiger partial charge in [0.2, 0.25) is 0 Å². The van der Waals surface area contributed by atoms with Crippen LogP contribution in [0, 0.1) is 0 Å². The number of halogens is 1. The average Bonchev–Trinajstić information content (AvgIpc) is 2.67. The Labute approximate surface area is 111 Å².